The van der Waals surface area contributed by atoms with Gasteiger partial charge in [-0.05, 0) is 48.2 Å². The van der Waals surface area contributed by atoms with E-state index in [1.54, 1.807) is 25.3 Å². The summed E-state index contributed by atoms with van der Waals surface area (Å²) in [6, 6.07) is 13.1. The second kappa shape index (κ2) is 9.40. The minimum atomic E-state index is -0.148. The number of Topliss-reactive ketones (excluding diaryl/α,β-unsaturated/α-hetero) is 1. The summed E-state index contributed by atoms with van der Waals surface area (Å²) in [7, 11) is 1.54. The third-order valence-electron chi connectivity index (χ3n) is 4.45. The normalized spacial score (nSPS) is 11.0. The predicted molar refractivity (Wildman–Crippen MR) is 110 cm³/mol. The largest absolute Gasteiger partial charge is 0.496 e. The quantitative estimate of drug-likeness (QED) is 0.554. The van der Waals surface area contributed by atoms with Crippen LogP contribution in [0.4, 0.5) is 0 Å². The van der Waals surface area contributed by atoms with E-state index >= 15 is 0 Å². The Hall–Kier alpha value is -2.82. The van der Waals surface area contributed by atoms with Crippen LogP contribution in [0.25, 0.3) is 0 Å². The number of hydrogen-bond acceptors (Lipinski definition) is 4. The van der Waals surface area contributed by atoms with E-state index in [4.69, 9.17) is 9.47 Å². The topological polar surface area (TPSA) is 64.6 Å². The van der Waals surface area contributed by atoms with E-state index < -0.39 is 0 Å². The molecule has 5 heteroatoms. The lowest BCUT2D eigenvalue weighted by atomic mass is 9.87. The molecule has 0 aliphatic carbocycles. The first-order chi connectivity index (χ1) is 13.2. The zero-order valence-electron chi connectivity index (χ0n) is 17.3. The van der Waals surface area contributed by atoms with Gasteiger partial charge in [0.1, 0.15) is 18.1 Å². The lowest BCUT2D eigenvalue weighted by Gasteiger charge is -2.19. The number of nitrogens with one attached hydrogen (secondary N) is 1. The molecule has 2 aromatic rings. The van der Waals surface area contributed by atoms with Crippen molar-refractivity contribution in [1.29, 1.82) is 0 Å². The molecule has 0 aliphatic heterocycles. The highest BCUT2D eigenvalue weighted by Crippen LogP contribution is 2.24. The van der Waals surface area contributed by atoms with Crippen molar-refractivity contribution in [3.8, 4) is 11.5 Å². The molecule has 1 amide bonds. The van der Waals surface area contributed by atoms with Crippen LogP contribution in [0, 0.1) is 0 Å². The van der Waals surface area contributed by atoms with Crippen molar-refractivity contribution in [2.45, 2.75) is 39.5 Å². The van der Waals surface area contributed by atoms with Gasteiger partial charge in [-0.15, -0.1) is 0 Å². The SMILES string of the molecule is COc1ccc(C(C)=O)cc1CC(=O)NCCOc1ccc(C(C)(C)C)cc1. The first-order valence-electron chi connectivity index (χ1n) is 9.38. The third kappa shape index (κ3) is 6.12. The lowest BCUT2D eigenvalue weighted by molar-refractivity contribution is -0.120. The molecule has 2 rings (SSSR count). The van der Waals surface area contributed by atoms with Gasteiger partial charge in [0, 0.05) is 11.1 Å². The van der Waals surface area contributed by atoms with Crippen LogP contribution in [0.2, 0.25) is 0 Å². The highest BCUT2D eigenvalue weighted by Gasteiger charge is 2.13. The average Bonchev–Trinajstić information content (AvgIpc) is 2.64. The van der Waals surface area contributed by atoms with E-state index in [2.05, 4.69) is 38.2 Å². The molecule has 0 unspecified atom stereocenters. The highest BCUT2D eigenvalue weighted by molar-refractivity contribution is 5.94. The Kier molecular flexibility index (Phi) is 7.21. The van der Waals surface area contributed by atoms with Gasteiger partial charge in [0.2, 0.25) is 5.91 Å². The van der Waals surface area contributed by atoms with E-state index in [-0.39, 0.29) is 23.5 Å². The van der Waals surface area contributed by atoms with Gasteiger partial charge in [-0.1, -0.05) is 32.9 Å². The summed E-state index contributed by atoms with van der Waals surface area (Å²) in [5.41, 5.74) is 2.60. The number of carbonyl (C=O) groups is 2. The highest BCUT2D eigenvalue weighted by atomic mass is 16.5. The van der Waals surface area contributed by atoms with Crippen molar-refractivity contribution in [2.24, 2.45) is 0 Å². The summed E-state index contributed by atoms with van der Waals surface area (Å²) in [5.74, 6) is 1.18. The Balaban J connectivity index is 1.83. The standard InChI is InChI=1S/C23H29NO4/c1-16(25)17-6-11-21(27-5)18(14-17)15-22(26)24-12-13-28-20-9-7-19(8-10-20)23(2,3)4/h6-11,14H,12-13,15H2,1-5H3,(H,24,26). The van der Waals surface area contributed by atoms with Gasteiger partial charge >= 0.3 is 0 Å². The van der Waals surface area contributed by atoms with Crippen molar-refractivity contribution in [3.05, 3.63) is 59.2 Å². The number of benzene rings is 2. The van der Waals surface area contributed by atoms with Gasteiger partial charge in [0.25, 0.3) is 0 Å². The van der Waals surface area contributed by atoms with Crippen molar-refractivity contribution in [2.75, 3.05) is 20.3 Å². The Morgan fingerprint density at radius 2 is 1.71 bits per heavy atom. The van der Waals surface area contributed by atoms with Crippen LogP contribution >= 0.6 is 0 Å². The third-order valence-corrected chi connectivity index (χ3v) is 4.45. The molecule has 2 aromatic carbocycles. The van der Waals surface area contributed by atoms with Crippen molar-refractivity contribution < 1.29 is 19.1 Å². The van der Waals surface area contributed by atoms with E-state index in [0.717, 1.165) is 5.75 Å². The molecule has 0 atom stereocenters. The molecule has 0 radical (unpaired) electrons. The van der Waals surface area contributed by atoms with Gasteiger partial charge in [0.05, 0.1) is 20.1 Å². The summed E-state index contributed by atoms with van der Waals surface area (Å²) < 4.78 is 11.0. The molecule has 0 spiro atoms. The van der Waals surface area contributed by atoms with Crippen LogP contribution in [-0.2, 0) is 16.6 Å². The molecule has 0 bridgehead atoms. The Bertz CT molecular complexity index is 819. The second-order valence-corrected chi connectivity index (χ2v) is 7.73. The molecule has 0 aromatic heterocycles. The van der Waals surface area contributed by atoms with Crippen LogP contribution in [0.15, 0.2) is 42.5 Å². The molecule has 0 heterocycles. The number of rotatable bonds is 8. The van der Waals surface area contributed by atoms with Gasteiger partial charge in [-0.3, -0.25) is 9.59 Å². The van der Waals surface area contributed by atoms with E-state index in [9.17, 15) is 9.59 Å². The predicted octanol–water partition coefficient (Wildman–Crippen LogP) is 3.93. The smallest absolute Gasteiger partial charge is 0.224 e. The monoisotopic (exact) mass is 383 g/mol. The number of methoxy groups -OCH3 is 1. The van der Waals surface area contributed by atoms with Crippen LogP contribution < -0.4 is 14.8 Å². The number of ketones is 1. The fourth-order valence-electron chi connectivity index (χ4n) is 2.78. The molecular formula is C23H29NO4. The number of hydrogen-bond donors (Lipinski definition) is 1. The van der Waals surface area contributed by atoms with Crippen molar-refractivity contribution >= 4 is 11.7 Å². The van der Waals surface area contributed by atoms with Gasteiger partial charge < -0.3 is 14.8 Å². The fraction of sp³-hybridized carbons (Fsp3) is 0.391. The zero-order valence-corrected chi connectivity index (χ0v) is 17.3. The minimum Gasteiger partial charge on any atom is -0.496 e. The molecule has 150 valence electrons. The summed E-state index contributed by atoms with van der Waals surface area (Å²) in [6.07, 6.45) is 0.143. The number of amides is 1. The summed E-state index contributed by atoms with van der Waals surface area (Å²) in [6.45, 7) is 8.77. The van der Waals surface area contributed by atoms with E-state index in [0.29, 0.717) is 30.0 Å². The van der Waals surface area contributed by atoms with Gasteiger partial charge in [0.15, 0.2) is 5.78 Å². The van der Waals surface area contributed by atoms with Crippen LogP contribution in [0.1, 0.15) is 49.2 Å². The molecule has 5 nitrogen and oxygen atoms in total. The van der Waals surface area contributed by atoms with Crippen LogP contribution in [-0.4, -0.2) is 32.0 Å². The van der Waals surface area contributed by atoms with Crippen molar-refractivity contribution in [1.82, 2.24) is 5.32 Å². The Labute approximate surface area is 167 Å². The molecule has 0 fully saturated rings. The number of ether oxygens (including phenoxy) is 2. The maximum atomic E-state index is 12.2. The molecule has 0 saturated heterocycles. The minimum absolute atomic E-state index is 0.0461. The molecule has 1 N–H and O–H groups in total. The fourth-order valence-corrected chi connectivity index (χ4v) is 2.78. The molecule has 0 aliphatic rings. The maximum absolute atomic E-state index is 12.2. The summed E-state index contributed by atoms with van der Waals surface area (Å²) in [4.78, 5) is 23.8. The molecular weight excluding hydrogens is 354 g/mol. The Morgan fingerprint density at radius 1 is 1.04 bits per heavy atom. The van der Waals surface area contributed by atoms with E-state index in [1.807, 2.05) is 12.1 Å². The first kappa shape index (κ1) is 21.5. The lowest BCUT2D eigenvalue weighted by Crippen LogP contribution is -2.29. The summed E-state index contributed by atoms with van der Waals surface area (Å²) >= 11 is 0. The molecule has 28 heavy (non-hydrogen) atoms. The van der Waals surface area contributed by atoms with Gasteiger partial charge in [-0.25, -0.2) is 0 Å². The van der Waals surface area contributed by atoms with Crippen molar-refractivity contribution in [3.63, 3.8) is 0 Å². The number of carbonyl (C=O) groups excluding carboxylic acids is 2. The second-order valence-electron chi connectivity index (χ2n) is 7.73. The zero-order chi connectivity index (χ0) is 20.7. The van der Waals surface area contributed by atoms with Gasteiger partial charge in [-0.2, -0.15) is 0 Å². The van der Waals surface area contributed by atoms with Crippen LogP contribution in [0.3, 0.4) is 0 Å². The molecule has 0 saturated carbocycles. The first-order valence-corrected chi connectivity index (χ1v) is 9.38. The Morgan fingerprint density at radius 3 is 2.29 bits per heavy atom. The van der Waals surface area contributed by atoms with Crippen LogP contribution in [0.5, 0.6) is 11.5 Å². The average molecular weight is 383 g/mol. The summed E-state index contributed by atoms with van der Waals surface area (Å²) in [5, 5.41) is 2.83. The maximum Gasteiger partial charge on any atom is 0.224 e. The van der Waals surface area contributed by atoms with E-state index in [1.165, 1.54) is 12.5 Å².